The predicted octanol–water partition coefficient (Wildman–Crippen LogP) is -0.386. The van der Waals surface area contributed by atoms with Crippen LogP contribution in [-0.4, -0.2) is 75.4 Å². The van der Waals surface area contributed by atoms with Crippen LogP contribution >= 0.6 is 0 Å². The standard InChI is InChI=1S/C11H23N3O/c1-2-12-3-5-13(4-1)6-7-14-8-10-15-11-9-14/h12H,1-11H2. The Morgan fingerprint density at radius 1 is 0.867 bits per heavy atom. The monoisotopic (exact) mass is 213 g/mol. The SMILES string of the molecule is C1CNCCN(CCN2CCOCC2)C1. The van der Waals surface area contributed by atoms with Crippen LogP contribution in [0.4, 0.5) is 0 Å². The van der Waals surface area contributed by atoms with Gasteiger partial charge in [-0.15, -0.1) is 0 Å². The first-order valence-corrected chi connectivity index (χ1v) is 6.18. The zero-order chi connectivity index (χ0) is 10.3. The van der Waals surface area contributed by atoms with E-state index in [1.807, 2.05) is 0 Å². The molecule has 0 aromatic heterocycles. The van der Waals surface area contributed by atoms with Gasteiger partial charge in [-0.1, -0.05) is 0 Å². The Hall–Kier alpha value is -0.160. The first kappa shape index (κ1) is 11.3. The summed E-state index contributed by atoms with van der Waals surface area (Å²) in [4.78, 5) is 5.09. The molecule has 1 N–H and O–H groups in total. The van der Waals surface area contributed by atoms with Crippen LogP contribution in [0, 0.1) is 0 Å². The molecule has 0 aliphatic carbocycles. The second-order valence-corrected chi connectivity index (χ2v) is 4.40. The number of hydrogen-bond donors (Lipinski definition) is 1. The maximum absolute atomic E-state index is 5.35. The fourth-order valence-electron chi connectivity index (χ4n) is 2.23. The van der Waals surface area contributed by atoms with Crippen molar-refractivity contribution in [3.05, 3.63) is 0 Å². The fraction of sp³-hybridized carbons (Fsp3) is 1.00. The summed E-state index contributed by atoms with van der Waals surface area (Å²) in [6.07, 6.45) is 1.29. The molecular formula is C11H23N3O. The van der Waals surface area contributed by atoms with Crippen molar-refractivity contribution in [1.29, 1.82) is 0 Å². The highest BCUT2D eigenvalue weighted by Gasteiger charge is 2.13. The average Bonchev–Trinajstić information content (AvgIpc) is 2.56. The molecule has 0 unspecified atom stereocenters. The van der Waals surface area contributed by atoms with Crippen molar-refractivity contribution in [3.8, 4) is 0 Å². The Morgan fingerprint density at radius 3 is 2.40 bits per heavy atom. The highest BCUT2D eigenvalue weighted by atomic mass is 16.5. The van der Waals surface area contributed by atoms with E-state index in [4.69, 9.17) is 4.74 Å². The molecule has 0 spiro atoms. The minimum atomic E-state index is 0.918. The van der Waals surface area contributed by atoms with Crippen LogP contribution in [0.15, 0.2) is 0 Å². The molecule has 0 amide bonds. The van der Waals surface area contributed by atoms with E-state index in [0.29, 0.717) is 0 Å². The second kappa shape index (κ2) is 6.43. The van der Waals surface area contributed by atoms with Gasteiger partial charge in [0.25, 0.3) is 0 Å². The van der Waals surface area contributed by atoms with Crippen LogP contribution in [-0.2, 0) is 4.74 Å². The third-order valence-corrected chi connectivity index (χ3v) is 3.27. The summed E-state index contributed by atoms with van der Waals surface area (Å²) in [7, 11) is 0. The molecule has 2 rings (SSSR count). The normalized spacial score (nSPS) is 26.4. The van der Waals surface area contributed by atoms with Crippen molar-refractivity contribution in [2.45, 2.75) is 6.42 Å². The molecule has 0 aromatic rings. The van der Waals surface area contributed by atoms with Gasteiger partial charge in [0.15, 0.2) is 0 Å². The van der Waals surface area contributed by atoms with E-state index >= 15 is 0 Å². The number of hydrogen-bond acceptors (Lipinski definition) is 4. The number of nitrogens with zero attached hydrogens (tertiary/aromatic N) is 2. The maximum Gasteiger partial charge on any atom is 0.0594 e. The van der Waals surface area contributed by atoms with Gasteiger partial charge in [-0.3, -0.25) is 4.90 Å². The van der Waals surface area contributed by atoms with Crippen molar-refractivity contribution in [2.24, 2.45) is 0 Å². The van der Waals surface area contributed by atoms with Gasteiger partial charge in [0.1, 0.15) is 0 Å². The van der Waals surface area contributed by atoms with Gasteiger partial charge in [0.2, 0.25) is 0 Å². The third kappa shape index (κ3) is 4.07. The molecule has 0 aromatic carbocycles. The Labute approximate surface area is 92.6 Å². The van der Waals surface area contributed by atoms with Crippen LogP contribution in [0.25, 0.3) is 0 Å². The first-order valence-electron chi connectivity index (χ1n) is 6.18. The Bertz CT molecular complexity index is 163. The molecule has 2 saturated heterocycles. The molecule has 4 nitrogen and oxygen atoms in total. The maximum atomic E-state index is 5.35. The first-order chi connectivity index (χ1) is 7.45. The van der Waals surface area contributed by atoms with Crippen molar-refractivity contribution >= 4 is 0 Å². The van der Waals surface area contributed by atoms with E-state index in [1.54, 1.807) is 0 Å². The van der Waals surface area contributed by atoms with Crippen molar-refractivity contribution in [1.82, 2.24) is 15.1 Å². The van der Waals surface area contributed by atoms with Crippen LogP contribution in [0.1, 0.15) is 6.42 Å². The summed E-state index contributed by atoms with van der Waals surface area (Å²) in [5.74, 6) is 0. The lowest BCUT2D eigenvalue weighted by atomic mass is 10.3. The Morgan fingerprint density at radius 2 is 1.60 bits per heavy atom. The Kier molecular flexibility index (Phi) is 4.86. The molecule has 88 valence electrons. The summed E-state index contributed by atoms with van der Waals surface area (Å²) in [5, 5.41) is 3.44. The molecule has 4 heteroatoms. The molecule has 0 bridgehead atoms. The average molecular weight is 213 g/mol. The number of ether oxygens (including phenoxy) is 1. The van der Waals surface area contributed by atoms with Gasteiger partial charge >= 0.3 is 0 Å². The molecule has 15 heavy (non-hydrogen) atoms. The van der Waals surface area contributed by atoms with E-state index in [9.17, 15) is 0 Å². The quantitative estimate of drug-likeness (QED) is 0.691. The molecule has 2 aliphatic heterocycles. The zero-order valence-corrected chi connectivity index (χ0v) is 9.58. The Balaban J connectivity index is 1.62. The van der Waals surface area contributed by atoms with Crippen molar-refractivity contribution in [3.63, 3.8) is 0 Å². The number of nitrogens with one attached hydrogen (secondary N) is 1. The molecule has 2 aliphatic rings. The second-order valence-electron chi connectivity index (χ2n) is 4.40. The van der Waals surface area contributed by atoms with Crippen LogP contribution < -0.4 is 5.32 Å². The van der Waals surface area contributed by atoms with E-state index in [0.717, 1.165) is 32.8 Å². The molecule has 0 saturated carbocycles. The molecule has 0 radical (unpaired) electrons. The summed E-state index contributed by atoms with van der Waals surface area (Å²) in [6.45, 7) is 11.3. The minimum Gasteiger partial charge on any atom is -0.379 e. The van der Waals surface area contributed by atoms with Gasteiger partial charge in [-0.25, -0.2) is 0 Å². The lowest BCUT2D eigenvalue weighted by molar-refractivity contribution is 0.0336. The van der Waals surface area contributed by atoms with Crippen molar-refractivity contribution in [2.75, 3.05) is 65.6 Å². The smallest absolute Gasteiger partial charge is 0.0594 e. The van der Waals surface area contributed by atoms with Gasteiger partial charge in [0.05, 0.1) is 13.2 Å². The summed E-state index contributed by atoms with van der Waals surface area (Å²) in [6, 6.07) is 0. The van der Waals surface area contributed by atoms with Gasteiger partial charge < -0.3 is 15.0 Å². The molecule has 2 fully saturated rings. The van der Waals surface area contributed by atoms with Crippen molar-refractivity contribution < 1.29 is 4.74 Å². The minimum absolute atomic E-state index is 0.918. The fourth-order valence-corrected chi connectivity index (χ4v) is 2.23. The van der Waals surface area contributed by atoms with E-state index in [2.05, 4.69) is 15.1 Å². The van der Waals surface area contributed by atoms with Gasteiger partial charge in [-0.2, -0.15) is 0 Å². The lowest BCUT2D eigenvalue weighted by Gasteiger charge is -2.29. The zero-order valence-electron chi connectivity index (χ0n) is 9.58. The van der Waals surface area contributed by atoms with Crippen LogP contribution in [0.2, 0.25) is 0 Å². The van der Waals surface area contributed by atoms with Gasteiger partial charge in [-0.05, 0) is 19.5 Å². The molecule has 2 heterocycles. The summed E-state index contributed by atoms with van der Waals surface area (Å²) >= 11 is 0. The highest BCUT2D eigenvalue weighted by molar-refractivity contribution is 4.69. The highest BCUT2D eigenvalue weighted by Crippen LogP contribution is 1.99. The molecular weight excluding hydrogens is 190 g/mol. The predicted molar refractivity (Wildman–Crippen MR) is 61.2 cm³/mol. The van der Waals surface area contributed by atoms with Gasteiger partial charge in [0, 0.05) is 39.3 Å². The van der Waals surface area contributed by atoms with E-state index in [-0.39, 0.29) is 0 Å². The largest absolute Gasteiger partial charge is 0.379 e. The number of morpholine rings is 1. The number of rotatable bonds is 3. The topological polar surface area (TPSA) is 27.7 Å². The molecule has 0 atom stereocenters. The summed E-state index contributed by atoms with van der Waals surface area (Å²) < 4.78 is 5.35. The summed E-state index contributed by atoms with van der Waals surface area (Å²) in [5.41, 5.74) is 0. The van der Waals surface area contributed by atoms with Crippen LogP contribution in [0.5, 0.6) is 0 Å². The lowest BCUT2D eigenvalue weighted by Crippen LogP contribution is -2.42. The van der Waals surface area contributed by atoms with Crippen LogP contribution in [0.3, 0.4) is 0 Å². The van der Waals surface area contributed by atoms with E-state index < -0.39 is 0 Å². The third-order valence-electron chi connectivity index (χ3n) is 3.27. The van der Waals surface area contributed by atoms with E-state index in [1.165, 1.54) is 39.1 Å².